The SMILES string of the molecule is Cc1cn(C(=O)OC(C)(C)C)c2ncc(-c3cc4c(c([C@@H]5COCCN5C(=O)OC(C)(C)C)c3)CN(C(=O)C(C)(O)C(F)(F)F)CC4)cc12. The zero-order valence-corrected chi connectivity index (χ0v) is 29.0. The van der Waals surface area contributed by atoms with Gasteiger partial charge >= 0.3 is 18.4 Å². The number of hydrogen-bond donors (Lipinski definition) is 1. The smallest absolute Gasteiger partial charge is 0.426 e. The molecule has 14 heteroatoms. The number of pyridine rings is 1. The van der Waals surface area contributed by atoms with Crippen LogP contribution in [0.15, 0.2) is 30.6 Å². The summed E-state index contributed by atoms with van der Waals surface area (Å²) in [5.74, 6) is -1.45. The molecule has 2 amide bonds. The van der Waals surface area contributed by atoms with Gasteiger partial charge in [0.25, 0.3) is 5.91 Å². The zero-order chi connectivity index (χ0) is 36.3. The van der Waals surface area contributed by atoms with Crippen molar-refractivity contribution >= 4 is 29.1 Å². The lowest BCUT2D eigenvalue weighted by Gasteiger charge is -2.40. The van der Waals surface area contributed by atoms with E-state index in [-0.39, 0.29) is 39.3 Å². The van der Waals surface area contributed by atoms with Crippen LogP contribution in [0.2, 0.25) is 0 Å². The van der Waals surface area contributed by atoms with Gasteiger partial charge in [-0.05, 0) is 102 Å². The number of ether oxygens (including phenoxy) is 3. The Morgan fingerprint density at radius 3 is 2.22 bits per heavy atom. The highest BCUT2D eigenvalue weighted by atomic mass is 19.4. The molecule has 1 saturated heterocycles. The Kier molecular flexibility index (Phi) is 9.30. The monoisotopic (exact) mass is 688 g/mol. The molecule has 5 rings (SSSR count). The van der Waals surface area contributed by atoms with Crippen LogP contribution in [0.3, 0.4) is 0 Å². The summed E-state index contributed by atoms with van der Waals surface area (Å²) in [6, 6.07) is 4.93. The predicted octanol–water partition coefficient (Wildman–Crippen LogP) is 6.30. The molecule has 0 bridgehead atoms. The van der Waals surface area contributed by atoms with Crippen LogP contribution in [-0.4, -0.2) is 91.8 Å². The average molecular weight is 689 g/mol. The molecular formula is C35H43F3N4O7. The van der Waals surface area contributed by atoms with E-state index in [9.17, 15) is 32.7 Å². The van der Waals surface area contributed by atoms with Gasteiger partial charge in [-0.2, -0.15) is 13.2 Å². The van der Waals surface area contributed by atoms with E-state index in [1.807, 2.05) is 25.1 Å². The Labute approximate surface area is 282 Å². The van der Waals surface area contributed by atoms with Crippen LogP contribution in [0.4, 0.5) is 22.8 Å². The molecule has 49 heavy (non-hydrogen) atoms. The van der Waals surface area contributed by atoms with E-state index in [1.165, 1.54) is 9.47 Å². The molecule has 2 aromatic heterocycles. The minimum atomic E-state index is -5.17. The third kappa shape index (κ3) is 7.40. The topological polar surface area (TPSA) is 123 Å². The zero-order valence-electron chi connectivity index (χ0n) is 29.0. The number of rotatable bonds is 3. The molecule has 0 aliphatic carbocycles. The third-order valence-corrected chi connectivity index (χ3v) is 8.51. The molecule has 266 valence electrons. The predicted molar refractivity (Wildman–Crippen MR) is 174 cm³/mol. The Bertz CT molecular complexity index is 1790. The highest BCUT2D eigenvalue weighted by molar-refractivity contribution is 5.92. The first kappa shape index (κ1) is 36.1. The molecule has 0 saturated carbocycles. The number of alkyl halides is 3. The molecule has 2 aliphatic rings. The van der Waals surface area contributed by atoms with Crippen LogP contribution in [-0.2, 0) is 32.0 Å². The number of aryl methyl sites for hydroxylation is 1. The van der Waals surface area contributed by atoms with Gasteiger partial charge in [0, 0.05) is 43.0 Å². The van der Waals surface area contributed by atoms with E-state index >= 15 is 0 Å². The lowest BCUT2D eigenvalue weighted by atomic mass is 9.86. The van der Waals surface area contributed by atoms with E-state index in [1.54, 1.807) is 53.9 Å². The number of fused-ring (bicyclic) bond motifs is 2. The van der Waals surface area contributed by atoms with Crippen molar-refractivity contribution in [3.05, 3.63) is 52.8 Å². The van der Waals surface area contributed by atoms with Crippen molar-refractivity contribution in [2.24, 2.45) is 0 Å². The van der Waals surface area contributed by atoms with Gasteiger partial charge in [-0.15, -0.1) is 0 Å². The second-order valence-electron chi connectivity index (χ2n) is 14.8. The van der Waals surface area contributed by atoms with Gasteiger partial charge in [0.05, 0.1) is 19.3 Å². The Balaban J connectivity index is 1.61. The fourth-order valence-electron chi connectivity index (χ4n) is 6.04. The van der Waals surface area contributed by atoms with Crippen molar-refractivity contribution < 1.29 is 46.9 Å². The molecule has 2 aliphatic heterocycles. The van der Waals surface area contributed by atoms with Crippen molar-refractivity contribution in [2.75, 3.05) is 26.3 Å². The number of halogens is 3. The quantitative estimate of drug-likeness (QED) is 0.340. The van der Waals surface area contributed by atoms with E-state index in [0.717, 1.165) is 16.0 Å². The summed E-state index contributed by atoms with van der Waals surface area (Å²) >= 11 is 0. The summed E-state index contributed by atoms with van der Waals surface area (Å²) in [7, 11) is 0. The number of aliphatic hydroxyl groups is 1. The largest absolute Gasteiger partial charge is 0.444 e. The summed E-state index contributed by atoms with van der Waals surface area (Å²) < 4.78 is 59.4. The van der Waals surface area contributed by atoms with Crippen LogP contribution >= 0.6 is 0 Å². The first-order valence-electron chi connectivity index (χ1n) is 16.1. The second kappa shape index (κ2) is 12.6. The van der Waals surface area contributed by atoms with Gasteiger partial charge in [-0.3, -0.25) is 9.69 Å². The number of benzene rings is 1. The molecule has 4 heterocycles. The van der Waals surface area contributed by atoms with Crippen molar-refractivity contribution in [3.8, 4) is 11.1 Å². The average Bonchev–Trinajstić information content (AvgIpc) is 3.33. The van der Waals surface area contributed by atoms with Gasteiger partial charge < -0.3 is 24.2 Å². The van der Waals surface area contributed by atoms with Gasteiger partial charge in [0.2, 0.25) is 5.60 Å². The normalized spacial score (nSPS) is 18.6. The number of morpholine rings is 1. The summed E-state index contributed by atoms with van der Waals surface area (Å²) in [5.41, 5.74) is -0.562. The minimum Gasteiger partial charge on any atom is -0.444 e. The van der Waals surface area contributed by atoms with Crippen molar-refractivity contribution in [1.82, 2.24) is 19.4 Å². The molecular weight excluding hydrogens is 645 g/mol. The lowest BCUT2D eigenvalue weighted by molar-refractivity contribution is -0.250. The molecule has 3 aromatic rings. The van der Waals surface area contributed by atoms with Gasteiger partial charge in [0.15, 0.2) is 0 Å². The molecule has 1 fully saturated rings. The molecule has 1 aromatic carbocycles. The maximum atomic E-state index is 13.7. The molecule has 2 atom stereocenters. The van der Waals surface area contributed by atoms with Gasteiger partial charge in [-0.1, -0.05) is 6.07 Å². The first-order chi connectivity index (χ1) is 22.6. The van der Waals surface area contributed by atoms with Crippen LogP contribution in [0, 0.1) is 6.92 Å². The summed E-state index contributed by atoms with van der Waals surface area (Å²) in [6.07, 6.45) is -2.84. The fraction of sp³-hybridized carbons (Fsp3) is 0.543. The number of carbonyl (C=O) groups excluding carboxylic acids is 3. The Hall–Kier alpha value is -4.17. The number of aromatic nitrogens is 2. The summed E-state index contributed by atoms with van der Waals surface area (Å²) in [5, 5.41) is 10.9. The highest BCUT2D eigenvalue weighted by Crippen LogP contribution is 2.39. The number of hydrogen-bond acceptors (Lipinski definition) is 8. The van der Waals surface area contributed by atoms with Crippen LogP contribution in [0.25, 0.3) is 22.2 Å². The maximum absolute atomic E-state index is 13.7. The maximum Gasteiger partial charge on any atom is 0.426 e. The summed E-state index contributed by atoms with van der Waals surface area (Å²) in [4.78, 5) is 46.6. The van der Waals surface area contributed by atoms with E-state index < -0.39 is 47.1 Å². The van der Waals surface area contributed by atoms with Crippen LogP contribution in [0.1, 0.15) is 76.8 Å². The number of nitrogens with zero attached hydrogens (tertiary/aromatic N) is 4. The lowest BCUT2D eigenvalue weighted by Crippen LogP contribution is -2.57. The number of amides is 2. The third-order valence-electron chi connectivity index (χ3n) is 8.51. The summed E-state index contributed by atoms with van der Waals surface area (Å²) in [6.45, 7) is 13.1. The van der Waals surface area contributed by atoms with Crippen LogP contribution < -0.4 is 0 Å². The van der Waals surface area contributed by atoms with E-state index in [4.69, 9.17) is 14.2 Å². The highest BCUT2D eigenvalue weighted by Gasteiger charge is 2.57. The standard InChI is InChI=1S/C35H43F3N4O7/c1-20-17-42(31(45)49-33(5,6)7)28-24(20)15-23(16-39-28)22-13-21-9-10-40(29(43)34(8,46)35(36,37)38)18-26(21)25(14-22)27-19-47-12-11-41(27)30(44)48-32(2,3)4/h13-17,27,46H,9-12,18-19H2,1-8H3/t27-,34?/m0/s1. The van der Waals surface area contributed by atoms with Crippen molar-refractivity contribution in [2.45, 2.75) is 97.4 Å². The molecule has 11 nitrogen and oxygen atoms in total. The molecule has 1 unspecified atom stereocenters. The van der Waals surface area contributed by atoms with Crippen LogP contribution in [0.5, 0.6) is 0 Å². The molecule has 0 radical (unpaired) electrons. The minimum absolute atomic E-state index is 0.0625. The van der Waals surface area contributed by atoms with Gasteiger partial charge in [0.1, 0.15) is 16.8 Å². The molecule has 0 spiro atoms. The van der Waals surface area contributed by atoms with Gasteiger partial charge in [-0.25, -0.2) is 19.1 Å². The van der Waals surface area contributed by atoms with Crippen molar-refractivity contribution in [3.63, 3.8) is 0 Å². The van der Waals surface area contributed by atoms with Crippen molar-refractivity contribution in [1.29, 1.82) is 0 Å². The second-order valence-corrected chi connectivity index (χ2v) is 14.8. The fourth-order valence-corrected chi connectivity index (χ4v) is 6.04. The Morgan fingerprint density at radius 2 is 1.59 bits per heavy atom. The first-order valence-corrected chi connectivity index (χ1v) is 16.1. The number of carbonyl (C=O) groups is 3. The molecule has 1 N–H and O–H groups in total. The Morgan fingerprint density at radius 1 is 0.939 bits per heavy atom. The van der Waals surface area contributed by atoms with E-state index in [2.05, 4.69) is 4.98 Å². The van der Waals surface area contributed by atoms with E-state index in [0.29, 0.717) is 40.2 Å².